The van der Waals surface area contributed by atoms with Gasteiger partial charge in [0.05, 0.1) is 0 Å². The second-order valence-corrected chi connectivity index (χ2v) is 19.2. The van der Waals surface area contributed by atoms with Crippen LogP contribution < -0.4 is 4.90 Å². The van der Waals surface area contributed by atoms with E-state index in [0.717, 1.165) is 32.4 Å². The van der Waals surface area contributed by atoms with Gasteiger partial charge >= 0.3 is 5.97 Å². The molecule has 5 aromatic carbocycles. The van der Waals surface area contributed by atoms with Crippen LogP contribution in [0.25, 0.3) is 48.5 Å². The number of benzene rings is 5. The summed E-state index contributed by atoms with van der Waals surface area (Å²) in [6.07, 6.45) is 1.49. The monoisotopic (exact) mass is 776 g/mol. The predicted octanol–water partition coefficient (Wildman–Crippen LogP) is 13.9. The minimum Gasteiger partial charge on any atom is -0.477 e. The number of fused-ring (bicyclic) bond motifs is 9. The fraction of sp³-hybridized carbons (Fsp3) is 0.176. The molecular formula is C51H40N2O2S2. The summed E-state index contributed by atoms with van der Waals surface area (Å²) in [7, 11) is 0. The zero-order chi connectivity index (χ0) is 39.6. The third-order valence-corrected chi connectivity index (χ3v) is 15.2. The second kappa shape index (κ2) is 12.2. The fourth-order valence-corrected chi connectivity index (χ4v) is 12.3. The van der Waals surface area contributed by atoms with Crippen LogP contribution in [0, 0.1) is 11.3 Å². The molecule has 0 atom stereocenters. The average molecular weight is 777 g/mol. The van der Waals surface area contributed by atoms with E-state index in [2.05, 4.69) is 162 Å². The second-order valence-electron chi connectivity index (χ2n) is 17.0. The van der Waals surface area contributed by atoms with E-state index in [0.29, 0.717) is 0 Å². The molecule has 278 valence electrons. The van der Waals surface area contributed by atoms with Crippen molar-refractivity contribution in [3.8, 4) is 48.5 Å². The summed E-state index contributed by atoms with van der Waals surface area (Å²) in [5.74, 6) is -1.21. The van der Waals surface area contributed by atoms with Crippen LogP contribution in [-0.2, 0) is 21.0 Å². The molecule has 0 saturated carbocycles. The molecule has 0 amide bonds. The van der Waals surface area contributed by atoms with Gasteiger partial charge < -0.3 is 10.0 Å². The summed E-state index contributed by atoms with van der Waals surface area (Å²) >= 11 is 3.34. The maximum absolute atomic E-state index is 11.6. The van der Waals surface area contributed by atoms with Crippen molar-refractivity contribution in [1.29, 1.82) is 5.26 Å². The predicted molar refractivity (Wildman–Crippen MR) is 236 cm³/mol. The number of rotatable bonds is 6. The number of thiophene rings is 2. The van der Waals surface area contributed by atoms with Crippen LogP contribution >= 0.6 is 22.7 Å². The maximum atomic E-state index is 11.6. The first-order valence-corrected chi connectivity index (χ1v) is 21.0. The molecule has 7 aromatic rings. The van der Waals surface area contributed by atoms with E-state index in [9.17, 15) is 15.2 Å². The highest BCUT2D eigenvalue weighted by Gasteiger charge is 2.40. The third kappa shape index (κ3) is 5.12. The molecule has 10 rings (SSSR count). The summed E-state index contributed by atoms with van der Waals surface area (Å²) in [5.41, 5.74) is 16.9. The lowest BCUT2D eigenvalue weighted by Gasteiger charge is -2.30. The summed E-state index contributed by atoms with van der Waals surface area (Å²) in [5, 5.41) is 18.8. The van der Waals surface area contributed by atoms with Gasteiger partial charge in [-0.2, -0.15) is 5.26 Å². The number of hydrogen-bond acceptors (Lipinski definition) is 5. The van der Waals surface area contributed by atoms with E-state index in [1.165, 1.54) is 71.5 Å². The molecule has 0 bridgehead atoms. The standard InChI is InChI=1S/C51H40N2O2S2/c1-49(2)39-13-9-7-11-35(39)37-21-19-32(24-41(37)49)53(33-20-22-38-36-12-8-10-14-40(36)50(3,4)42(38)25-33)31-17-15-29(16-18-31)45-27-44-47(57-45)46-43(51(44,5)6)26-34(56-46)23-30(28-52)48(54)55/h7-27H,1-6H3,(H,54,55). The molecule has 3 aliphatic carbocycles. The molecule has 2 heterocycles. The lowest BCUT2D eigenvalue weighted by Crippen LogP contribution is -2.18. The van der Waals surface area contributed by atoms with Crippen molar-refractivity contribution in [2.75, 3.05) is 4.90 Å². The van der Waals surface area contributed by atoms with Gasteiger partial charge in [-0.15, -0.1) is 22.7 Å². The van der Waals surface area contributed by atoms with Crippen LogP contribution in [-0.4, -0.2) is 11.1 Å². The summed E-state index contributed by atoms with van der Waals surface area (Å²) in [4.78, 5) is 18.3. The highest BCUT2D eigenvalue weighted by molar-refractivity contribution is 7.24. The molecule has 0 fully saturated rings. The Hall–Kier alpha value is -6.00. The Kier molecular flexibility index (Phi) is 7.61. The van der Waals surface area contributed by atoms with Crippen LogP contribution in [0.4, 0.5) is 17.1 Å². The molecule has 2 aromatic heterocycles. The van der Waals surface area contributed by atoms with Crippen LogP contribution in [0.15, 0.2) is 127 Å². The lowest BCUT2D eigenvalue weighted by atomic mass is 9.82. The van der Waals surface area contributed by atoms with Gasteiger partial charge in [-0.25, -0.2) is 4.79 Å². The van der Waals surface area contributed by atoms with Crippen LogP contribution in [0.5, 0.6) is 0 Å². The molecule has 57 heavy (non-hydrogen) atoms. The molecule has 0 radical (unpaired) electrons. The first-order valence-electron chi connectivity index (χ1n) is 19.3. The molecule has 0 saturated heterocycles. The molecule has 0 unspecified atom stereocenters. The molecule has 0 spiro atoms. The Morgan fingerprint density at radius 1 is 0.579 bits per heavy atom. The minimum atomic E-state index is -1.21. The summed E-state index contributed by atoms with van der Waals surface area (Å²) in [6.45, 7) is 13.8. The quantitative estimate of drug-likeness (QED) is 0.135. The minimum absolute atomic E-state index is 0.125. The SMILES string of the molecule is CC1(C)c2ccccc2-c2ccc(N(c3ccc(-c4cc5c(s4)-c4sc(C=C(C#N)C(=O)O)cc4C5(C)C)cc3)c3ccc4c(c3)C(C)(C)c3ccccc3-4)cc21. The highest BCUT2D eigenvalue weighted by Crippen LogP contribution is 2.58. The maximum Gasteiger partial charge on any atom is 0.346 e. The fourth-order valence-electron chi connectivity index (χ4n) is 9.59. The number of anilines is 3. The topological polar surface area (TPSA) is 64.3 Å². The van der Waals surface area contributed by atoms with Gasteiger partial charge in [0.25, 0.3) is 0 Å². The van der Waals surface area contributed by atoms with Crippen molar-refractivity contribution in [3.05, 3.63) is 165 Å². The third-order valence-electron chi connectivity index (χ3n) is 12.7. The van der Waals surface area contributed by atoms with Gasteiger partial charge in [0.15, 0.2) is 0 Å². The van der Waals surface area contributed by atoms with E-state index < -0.39 is 5.97 Å². The van der Waals surface area contributed by atoms with Gasteiger partial charge in [0.1, 0.15) is 11.6 Å². The van der Waals surface area contributed by atoms with Crippen molar-refractivity contribution in [1.82, 2.24) is 0 Å². The van der Waals surface area contributed by atoms with E-state index in [1.54, 1.807) is 22.7 Å². The van der Waals surface area contributed by atoms with Crippen molar-refractivity contribution in [2.45, 2.75) is 57.8 Å². The van der Waals surface area contributed by atoms with Gasteiger partial charge in [0.2, 0.25) is 0 Å². The van der Waals surface area contributed by atoms with Crippen molar-refractivity contribution < 1.29 is 9.90 Å². The number of carbonyl (C=O) groups is 1. The van der Waals surface area contributed by atoms with Crippen LogP contribution in [0.2, 0.25) is 0 Å². The molecular weight excluding hydrogens is 737 g/mol. The zero-order valence-electron chi connectivity index (χ0n) is 32.7. The normalized spacial score (nSPS) is 15.8. The number of carboxylic acid groups (broad SMARTS) is 1. The Morgan fingerprint density at radius 2 is 1.05 bits per heavy atom. The van der Waals surface area contributed by atoms with Crippen molar-refractivity contribution in [2.24, 2.45) is 0 Å². The number of nitriles is 1. The number of hydrogen-bond donors (Lipinski definition) is 1. The highest BCUT2D eigenvalue weighted by atomic mass is 32.1. The zero-order valence-corrected chi connectivity index (χ0v) is 34.3. The smallest absolute Gasteiger partial charge is 0.346 e. The van der Waals surface area contributed by atoms with E-state index in [-0.39, 0.29) is 21.8 Å². The summed E-state index contributed by atoms with van der Waals surface area (Å²) < 4.78 is 0. The molecule has 4 nitrogen and oxygen atoms in total. The van der Waals surface area contributed by atoms with Crippen molar-refractivity contribution >= 4 is 51.8 Å². The Balaban J connectivity index is 1.07. The molecule has 6 heteroatoms. The van der Waals surface area contributed by atoms with Gasteiger partial charge in [-0.05, 0) is 116 Å². The number of carboxylic acids is 1. The Bertz CT molecular complexity index is 2820. The Labute approximate surface area is 341 Å². The molecule has 0 aliphatic heterocycles. The van der Waals surface area contributed by atoms with E-state index in [1.807, 2.05) is 12.1 Å². The van der Waals surface area contributed by atoms with Gasteiger partial charge in [-0.1, -0.05) is 114 Å². The van der Waals surface area contributed by atoms with Gasteiger partial charge in [-0.3, -0.25) is 0 Å². The summed E-state index contributed by atoms with van der Waals surface area (Å²) in [6, 6.07) is 46.8. The van der Waals surface area contributed by atoms with Gasteiger partial charge in [0, 0.05) is 52.8 Å². The number of aliphatic carboxylic acids is 1. The molecule has 3 aliphatic rings. The average Bonchev–Trinajstić information content (AvgIpc) is 3.98. The first kappa shape index (κ1) is 35.4. The van der Waals surface area contributed by atoms with E-state index >= 15 is 0 Å². The van der Waals surface area contributed by atoms with Crippen molar-refractivity contribution in [3.63, 3.8) is 0 Å². The lowest BCUT2D eigenvalue weighted by molar-refractivity contribution is -0.132. The Morgan fingerprint density at radius 3 is 1.60 bits per heavy atom. The largest absolute Gasteiger partial charge is 0.477 e. The first-order chi connectivity index (χ1) is 27.3. The molecule has 1 N–H and O–H groups in total. The van der Waals surface area contributed by atoms with Crippen LogP contribution in [0.3, 0.4) is 0 Å². The van der Waals surface area contributed by atoms with Crippen LogP contribution in [0.1, 0.15) is 79.8 Å². The van der Waals surface area contributed by atoms with E-state index in [4.69, 9.17) is 0 Å². The number of nitrogens with zero attached hydrogens (tertiary/aromatic N) is 2.